The Labute approximate surface area is 105 Å². The molecule has 0 aromatic rings. The van der Waals surface area contributed by atoms with Crippen molar-refractivity contribution >= 4 is 0 Å². The van der Waals surface area contributed by atoms with Crippen molar-refractivity contribution in [2.45, 2.75) is 58.3 Å². The molecule has 98 valence electrons. The summed E-state index contributed by atoms with van der Waals surface area (Å²) in [5.41, 5.74) is 0. The summed E-state index contributed by atoms with van der Waals surface area (Å²) >= 11 is 0. The van der Waals surface area contributed by atoms with E-state index in [4.69, 9.17) is 0 Å². The first-order valence-electron chi connectivity index (χ1n) is 6.77. The molecule has 0 bridgehead atoms. The number of quaternary nitrogens is 1. The second kappa shape index (κ2) is 6.82. The normalized spacial score (nSPS) is 29.0. The fourth-order valence-corrected chi connectivity index (χ4v) is 2.64. The molecule has 0 saturated heterocycles. The van der Waals surface area contributed by atoms with Gasteiger partial charge in [-0.2, -0.15) is 0 Å². The predicted octanol–water partition coefficient (Wildman–Crippen LogP) is 2.70. The van der Waals surface area contributed by atoms with Gasteiger partial charge in [-0.15, -0.1) is 6.58 Å². The summed E-state index contributed by atoms with van der Waals surface area (Å²) in [5, 5.41) is 13.4. The van der Waals surface area contributed by atoms with E-state index in [-0.39, 0.29) is 6.23 Å². The van der Waals surface area contributed by atoms with Gasteiger partial charge in [0.1, 0.15) is 6.20 Å². The highest BCUT2D eigenvalue weighted by Crippen LogP contribution is 2.25. The number of hydrogen-bond acceptors (Lipinski definition) is 2. The van der Waals surface area contributed by atoms with Gasteiger partial charge in [-0.1, -0.05) is 12.5 Å². The van der Waals surface area contributed by atoms with E-state index < -0.39 is 0 Å². The number of hydrogen-bond donors (Lipinski definition) is 2. The largest absolute Gasteiger partial charge is 0.345 e. The van der Waals surface area contributed by atoms with Gasteiger partial charge in [0, 0.05) is 13.3 Å². The smallest absolute Gasteiger partial charge is 0.193 e. The van der Waals surface area contributed by atoms with E-state index >= 15 is 0 Å². The molecule has 1 aliphatic rings. The van der Waals surface area contributed by atoms with E-state index in [0.29, 0.717) is 10.6 Å². The lowest BCUT2D eigenvalue weighted by atomic mass is 10.1. The second-order valence-corrected chi connectivity index (χ2v) is 4.87. The van der Waals surface area contributed by atoms with Crippen molar-refractivity contribution in [1.82, 2.24) is 5.32 Å². The summed E-state index contributed by atoms with van der Waals surface area (Å²) in [6, 6.07) is 0. The van der Waals surface area contributed by atoms with Crippen molar-refractivity contribution in [2.75, 3.05) is 6.54 Å². The van der Waals surface area contributed by atoms with Gasteiger partial charge in [0.05, 0.1) is 12.7 Å². The fourth-order valence-electron chi connectivity index (χ4n) is 2.64. The molecule has 0 amide bonds. The molecule has 0 fully saturated rings. The van der Waals surface area contributed by atoms with Crippen LogP contribution in [-0.2, 0) is 0 Å². The van der Waals surface area contributed by atoms with E-state index in [2.05, 4.69) is 25.0 Å². The van der Waals surface area contributed by atoms with E-state index in [1.54, 1.807) is 0 Å². The summed E-state index contributed by atoms with van der Waals surface area (Å²) in [7, 11) is 0. The van der Waals surface area contributed by atoms with Crippen LogP contribution < -0.4 is 5.32 Å². The van der Waals surface area contributed by atoms with Crippen LogP contribution in [0.4, 0.5) is 0 Å². The maximum atomic E-state index is 9.98. The number of aliphatic hydroxyl groups excluding tert-OH is 1. The van der Waals surface area contributed by atoms with E-state index in [9.17, 15) is 5.11 Å². The van der Waals surface area contributed by atoms with Crippen LogP contribution >= 0.6 is 0 Å². The molecular weight excluding hydrogens is 212 g/mol. The van der Waals surface area contributed by atoms with Crippen molar-refractivity contribution in [1.29, 1.82) is 0 Å². The van der Waals surface area contributed by atoms with Crippen LogP contribution in [0.1, 0.15) is 46.0 Å². The molecule has 2 N–H and O–H groups in total. The topological polar surface area (TPSA) is 32.3 Å². The van der Waals surface area contributed by atoms with Gasteiger partial charge < -0.3 is 10.4 Å². The molecule has 0 saturated carbocycles. The van der Waals surface area contributed by atoms with Crippen LogP contribution in [0.3, 0.4) is 0 Å². The molecule has 0 aliphatic carbocycles. The Morgan fingerprint density at radius 3 is 2.82 bits per heavy atom. The van der Waals surface area contributed by atoms with Gasteiger partial charge in [0.25, 0.3) is 0 Å². The highest BCUT2D eigenvalue weighted by Gasteiger charge is 2.40. The standard InChI is InChI=1S/C14H27N2O/c1-4-6-7-8-9-10-14-15-11-12-16(14,5-2)13(3)17/h4,11-15,17H,1,5-10H2,2-3H3/q+1. The summed E-state index contributed by atoms with van der Waals surface area (Å²) in [5.74, 6) is 0. The first kappa shape index (κ1) is 14.3. The highest BCUT2D eigenvalue weighted by atomic mass is 16.3. The number of allylic oxidation sites excluding steroid dienone is 1. The van der Waals surface area contributed by atoms with Crippen molar-refractivity contribution in [3.8, 4) is 0 Å². The molecular formula is C14H27N2O+. The monoisotopic (exact) mass is 239 g/mol. The van der Waals surface area contributed by atoms with Crippen molar-refractivity contribution in [3.63, 3.8) is 0 Å². The van der Waals surface area contributed by atoms with Crippen molar-refractivity contribution < 1.29 is 9.59 Å². The summed E-state index contributed by atoms with van der Waals surface area (Å²) in [6.45, 7) is 8.68. The van der Waals surface area contributed by atoms with E-state index in [1.165, 1.54) is 19.3 Å². The van der Waals surface area contributed by atoms with Gasteiger partial charge in [0.2, 0.25) is 0 Å². The zero-order valence-corrected chi connectivity index (χ0v) is 11.2. The lowest BCUT2D eigenvalue weighted by Crippen LogP contribution is -2.57. The summed E-state index contributed by atoms with van der Waals surface area (Å²) in [6.07, 6.45) is 12.0. The molecule has 17 heavy (non-hydrogen) atoms. The molecule has 0 radical (unpaired) electrons. The van der Waals surface area contributed by atoms with E-state index in [0.717, 1.165) is 19.4 Å². The zero-order valence-electron chi connectivity index (χ0n) is 11.2. The number of rotatable bonds is 8. The minimum Gasteiger partial charge on any atom is -0.345 e. The first-order chi connectivity index (χ1) is 8.17. The third-order valence-corrected chi connectivity index (χ3v) is 3.85. The number of aliphatic hydroxyl groups is 1. The first-order valence-corrected chi connectivity index (χ1v) is 6.77. The average Bonchev–Trinajstić information content (AvgIpc) is 2.73. The molecule has 3 atom stereocenters. The van der Waals surface area contributed by atoms with Crippen LogP contribution in [0.15, 0.2) is 25.1 Å². The summed E-state index contributed by atoms with van der Waals surface area (Å²) in [4.78, 5) is 0. The van der Waals surface area contributed by atoms with Crippen molar-refractivity contribution in [2.24, 2.45) is 0 Å². The third kappa shape index (κ3) is 3.33. The Morgan fingerprint density at radius 2 is 2.24 bits per heavy atom. The minimum atomic E-state index is -0.343. The van der Waals surface area contributed by atoms with Crippen LogP contribution in [-0.4, -0.2) is 28.5 Å². The molecule has 0 aromatic heterocycles. The molecule has 3 nitrogen and oxygen atoms in total. The van der Waals surface area contributed by atoms with Crippen LogP contribution in [0.2, 0.25) is 0 Å². The fraction of sp³-hybridized carbons (Fsp3) is 0.714. The number of nitrogens with one attached hydrogen (secondary N) is 1. The van der Waals surface area contributed by atoms with Crippen LogP contribution in [0.25, 0.3) is 0 Å². The molecule has 1 aliphatic heterocycles. The number of unbranched alkanes of at least 4 members (excludes halogenated alkanes) is 3. The Bertz CT molecular complexity index is 263. The number of nitrogens with zero attached hydrogens (tertiary/aromatic N) is 1. The van der Waals surface area contributed by atoms with Gasteiger partial charge in [-0.3, -0.25) is 4.48 Å². The molecule has 1 rings (SSSR count). The minimum absolute atomic E-state index is 0.337. The highest BCUT2D eigenvalue weighted by molar-refractivity contribution is 4.84. The Morgan fingerprint density at radius 1 is 1.47 bits per heavy atom. The maximum Gasteiger partial charge on any atom is 0.193 e. The van der Waals surface area contributed by atoms with Gasteiger partial charge in [-0.25, -0.2) is 0 Å². The van der Waals surface area contributed by atoms with Crippen molar-refractivity contribution in [3.05, 3.63) is 25.1 Å². The Balaban J connectivity index is 2.40. The lowest BCUT2D eigenvalue weighted by molar-refractivity contribution is -0.942. The van der Waals surface area contributed by atoms with Crippen LogP contribution in [0.5, 0.6) is 0 Å². The predicted molar refractivity (Wildman–Crippen MR) is 71.8 cm³/mol. The summed E-state index contributed by atoms with van der Waals surface area (Å²) < 4.78 is 0.654. The van der Waals surface area contributed by atoms with Gasteiger partial charge in [-0.05, 0) is 26.2 Å². The van der Waals surface area contributed by atoms with Crippen LogP contribution in [0, 0.1) is 0 Å². The molecule has 0 spiro atoms. The third-order valence-electron chi connectivity index (χ3n) is 3.85. The lowest BCUT2D eigenvalue weighted by Gasteiger charge is -2.39. The molecule has 0 aromatic carbocycles. The SMILES string of the molecule is C=CCCCCCC1NC=C[N+]1(CC)C(C)O. The molecule has 3 heteroatoms. The van der Waals surface area contributed by atoms with E-state index in [1.807, 2.05) is 19.2 Å². The Hall–Kier alpha value is -0.800. The quantitative estimate of drug-likeness (QED) is 0.388. The molecule has 3 unspecified atom stereocenters. The zero-order chi connectivity index (χ0) is 12.7. The maximum absolute atomic E-state index is 9.98. The molecule has 1 heterocycles. The van der Waals surface area contributed by atoms with Gasteiger partial charge in [0.15, 0.2) is 12.4 Å². The average molecular weight is 239 g/mol. The second-order valence-electron chi connectivity index (χ2n) is 4.87. The van der Waals surface area contributed by atoms with Gasteiger partial charge >= 0.3 is 0 Å². The Kier molecular flexibility index (Phi) is 5.72.